The van der Waals surface area contributed by atoms with Crippen molar-refractivity contribution in [1.82, 2.24) is 9.55 Å². The Morgan fingerprint density at radius 2 is 2.21 bits per heavy atom. The number of imidazole rings is 1. The van der Waals surface area contributed by atoms with Crippen LogP contribution in [0.3, 0.4) is 0 Å². The smallest absolute Gasteiger partial charge is 0.232 e. The molecule has 2 rings (SSSR count). The van der Waals surface area contributed by atoms with Gasteiger partial charge in [-0.2, -0.15) is 0 Å². The maximum absolute atomic E-state index is 11.9. The summed E-state index contributed by atoms with van der Waals surface area (Å²) in [5.41, 5.74) is 1.01. The summed E-state index contributed by atoms with van der Waals surface area (Å²) in [5, 5.41) is 0.453. The van der Waals surface area contributed by atoms with E-state index >= 15 is 0 Å². The zero-order valence-electron chi connectivity index (χ0n) is 10.4. The number of sulfonamides is 1. The van der Waals surface area contributed by atoms with E-state index in [0.717, 1.165) is 0 Å². The van der Waals surface area contributed by atoms with Gasteiger partial charge in [0.25, 0.3) is 0 Å². The first-order valence-corrected chi connectivity index (χ1v) is 7.84. The highest BCUT2D eigenvalue weighted by Crippen LogP contribution is 2.29. The zero-order valence-corrected chi connectivity index (χ0v) is 11.9. The predicted octanol–water partition coefficient (Wildman–Crippen LogP) is 2.68. The number of para-hydroxylation sites is 1. The van der Waals surface area contributed by atoms with E-state index in [-0.39, 0.29) is 5.75 Å². The number of aromatic nitrogens is 2. The van der Waals surface area contributed by atoms with Gasteiger partial charge in [0.1, 0.15) is 0 Å². The lowest BCUT2D eigenvalue weighted by Crippen LogP contribution is -2.17. The molecule has 0 atom stereocenters. The highest BCUT2D eigenvalue weighted by atomic mass is 35.5. The normalized spacial score (nSPS) is 11.5. The molecule has 1 aromatic heterocycles. The van der Waals surface area contributed by atoms with Crippen LogP contribution in [-0.4, -0.2) is 23.7 Å². The molecule has 1 aromatic carbocycles. The van der Waals surface area contributed by atoms with Gasteiger partial charge in [-0.1, -0.05) is 24.6 Å². The van der Waals surface area contributed by atoms with Gasteiger partial charge in [0, 0.05) is 12.4 Å². The van der Waals surface area contributed by atoms with Gasteiger partial charge in [0.2, 0.25) is 10.0 Å². The minimum atomic E-state index is -3.36. The molecule has 2 aromatic rings. The van der Waals surface area contributed by atoms with Crippen LogP contribution in [0.25, 0.3) is 5.69 Å². The van der Waals surface area contributed by atoms with Crippen molar-refractivity contribution >= 4 is 27.3 Å². The number of anilines is 1. The minimum Gasteiger partial charge on any atom is -0.303 e. The second kappa shape index (κ2) is 5.63. The molecule has 0 aliphatic rings. The summed E-state index contributed by atoms with van der Waals surface area (Å²) in [5.74, 6) is 0.0723. The van der Waals surface area contributed by atoms with Crippen molar-refractivity contribution in [2.75, 3.05) is 10.5 Å². The lowest BCUT2D eigenvalue weighted by atomic mass is 10.2. The Bertz CT molecular complexity index is 654. The second-order valence-corrected chi connectivity index (χ2v) is 6.28. The Morgan fingerprint density at radius 1 is 1.42 bits per heavy atom. The number of hydrogen-bond acceptors (Lipinski definition) is 3. The van der Waals surface area contributed by atoms with Crippen LogP contribution in [0, 0.1) is 0 Å². The van der Waals surface area contributed by atoms with Gasteiger partial charge in [0.15, 0.2) is 0 Å². The van der Waals surface area contributed by atoms with Crippen LogP contribution in [0.5, 0.6) is 0 Å². The Morgan fingerprint density at radius 3 is 2.84 bits per heavy atom. The number of rotatable bonds is 5. The second-order valence-electron chi connectivity index (χ2n) is 4.03. The third-order valence-corrected chi connectivity index (χ3v) is 4.27. The molecule has 19 heavy (non-hydrogen) atoms. The van der Waals surface area contributed by atoms with E-state index in [4.69, 9.17) is 11.6 Å². The van der Waals surface area contributed by atoms with Crippen molar-refractivity contribution in [2.45, 2.75) is 13.3 Å². The van der Waals surface area contributed by atoms with Crippen LogP contribution in [0.2, 0.25) is 5.02 Å². The summed E-state index contributed by atoms with van der Waals surface area (Å²) >= 11 is 6.14. The van der Waals surface area contributed by atoms with Crippen molar-refractivity contribution in [1.29, 1.82) is 0 Å². The van der Waals surface area contributed by atoms with E-state index in [1.54, 1.807) is 41.5 Å². The molecule has 0 aliphatic carbocycles. The maximum Gasteiger partial charge on any atom is 0.232 e. The highest BCUT2D eigenvalue weighted by molar-refractivity contribution is 7.92. The number of halogens is 1. The molecule has 0 radical (unpaired) electrons. The van der Waals surface area contributed by atoms with Crippen LogP contribution < -0.4 is 4.72 Å². The summed E-state index contributed by atoms with van der Waals surface area (Å²) < 4.78 is 27.9. The van der Waals surface area contributed by atoms with Crippen molar-refractivity contribution in [3.8, 4) is 5.69 Å². The molecule has 0 saturated carbocycles. The predicted molar refractivity (Wildman–Crippen MR) is 76.3 cm³/mol. The topological polar surface area (TPSA) is 64.0 Å². The van der Waals surface area contributed by atoms with E-state index < -0.39 is 10.0 Å². The third kappa shape index (κ3) is 3.27. The fourth-order valence-electron chi connectivity index (χ4n) is 1.74. The van der Waals surface area contributed by atoms with E-state index in [0.29, 0.717) is 22.8 Å². The molecule has 0 spiro atoms. The first-order chi connectivity index (χ1) is 9.03. The van der Waals surface area contributed by atoms with Crippen molar-refractivity contribution in [3.63, 3.8) is 0 Å². The van der Waals surface area contributed by atoms with Gasteiger partial charge in [0.05, 0.1) is 28.5 Å². The average Bonchev–Trinajstić information content (AvgIpc) is 2.81. The molecule has 0 bridgehead atoms. The first-order valence-electron chi connectivity index (χ1n) is 5.81. The summed E-state index contributed by atoms with van der Waals surface area (Å²) in [6.07, 6.45) is 5.43. The molecule has 0 saturated heterocycles. The lowest BCUT2D eigenvalue weighted by molar-refractivity contribution is 0.600. The molecule has 1 N–H and O–H groups in total. The van der Waals surface area contributed by atoms with Crippen LogP contribution in [0.15, 0.2) is 36.9 Å². The van der Waals surface area contributed by atoms with Gasteiger partial charge >= 0.3 is 0 Å². The molecule has 0 amide bonds. The summed E-state index contributed by atoms with van der Waals surface area (Å²) in [6.45, 7) is 1.81. The van der Waals surface area contributed by atoms with Gasteiger partial charge in [-0.05, 0) is 18.6 Å². The molecule has 0 aliphatic heterocycles. The van der Waals surface area contributed by atoms with Gasteiger partial charge in [-0.3, -0.25) is 4.72 Å². The third-order valence-electron chi connectivity index (χ3n) is 2.49. The lowest BCUT2D eigenvalue weighted by Gasteiger charge is -2.14. The zero-order chi connectivity index (χ0) is 13.9. The van der Waals surface area contributed by atoms with Crippen molar-refractivity contribution in [2.24, 2.45) is 0 Å². The molecule has 0 unspecified atom stereocenters. The summed E-state index contributed by atoms with van der Waals surface area (Å²) in [7, 11) is -3.36. The molecule has 7 heteroatoms. The van der Waals surface area contributed by atoms with Crippen LogP contribution in [0.4, 0.5) is 5.69 Å². The Labute approximate surface area is 117 Å². The van der Waals surface area contributed by atoms with E-state index in [2.05, 4.69) is 9.71 Å². The summed E-state index contributed by atoms with van der Waals surface area (Å²) in [4.78, 5) is 3.94. The van der Waals surface area contributed by atoms with Gasteiger partial charge in [-0.25, -0.2) is 13.4 Å². The standard InChI is InChI=1S/C12H14ClN3O2S/c1-2-8-19(17,18)15-11-5-3-4-10(13)12(11)16-7-6-14-9-16/h3-7,9,15H,2,8H2,1H3. The highest BCUT2D eigenvalue weighted by Gasteiger charge is 2.14. The molecular weight excluding hydrogens is 286 g/mol. The summed E-state index contributed by atoms with van der Waals surface area (Å²) in [6, 6.07) is 5.08. The molecule has 102 valence electrons. The Hall–Kier alpha value is -1.53. The van der Waals surface area contributed by atoms with Crippen LogP contribution in [-0.2, 0) is 10.0 Å². The Kier molecular flexibility index (Phi) is 4.11. The van der Waals surface area contributed by atoms with E-state index in [1.165, 1.54) is 0 Å². The Balaban J connectivity index is 2.45. The van der Waals surface area contributed by atoms with Crippen LogP contribution in [0.1, 0.15) is 13.3 Å². The number of nitrogens with one attached hydrogen (secondary N) is 1. The number of nitrogens with zero attached hydrogens (tertiary/aromatic N) is 2. The molecule has 5 nitrogen and oxygen atoms in total. The van der Waals surface area contributed by atoms with Crippen molar-refractivity contribution < 1.29 is 8.42 Å². The first kappa shape index (κ1) is 13.9. The van der Waals surface area contributed by atoms with Gasteiger partial charge < -0.3 is 4.57 Å². The SMILES string of the molecule is CCCS(=O)(=O)Nc1cccc(Cl)c1-n1ccnc1. The van der Waals surface area contributed by atoms with Crippen molar-refractivity contribution in [3.05, 3.63) is 41.9 Å². The van der Waals surface area contributed by atoms with Gasteiger partial charge in [-0.15, -0.1) is 0 Å². The molecule has 0 fully saturated rings. The molecule has 1 heterocycles. The fraction of sp³-hybridized carbons (Fsp3) is 0.250. The quantitative estimate of drug-likeness (QED) is 0.923. The van der Waals surface area contributed by atoms with E-state index in [1.807, 2.05) is 6.92 Å². The van der Waals surface area contributed by atoms with Crippen LogP contribution >= 0.6 is 11.6 Å². The number of benzene rings is 1. The minimum absolute atomic E-state index is 0.0723. The molecular formula is C12H14ClN3O2S. The van der Waals surface area contributed by atoms with E-state index in [9.17, 15) is 8.42 Å². The average molecular weight is 300 g/mol. The number of hydrogen-bond donors (Lipinski definition) is 1. The maximum atomic E-state index is 11.9. The fourth-order valence-corrected chi connectivity index (χ4v) is 3.15. The monoisotopic (exact) mass is 299 g/mol. The largest absolute Gasteiger partial charge is 0.303 e.